The second-order valence-electron chi connectivity index (χ2n) is 5.28. The third-order valence-electron chi connectivity index (χ3n) is 3.53. The largest absolute Gasteiger partial charge is 0.467 e. The number of benzene rings is 1. The first kappa shape index (κ1) is 20.7. The van der Waals surface area contributed by atoms with Gasteiger partial charge in [-0.2, -0.15) is 0 Å². The molecular formula is C17H18N6O7. The summed E-state index contributed by atoms with van der Waals surface area (Å²) >= 11 is 0. The van der Waals surface area contributed by atoms with Crippen LogP contribution in [-0.2, 0) is 6.61 Å². The Morgan fingerprint density at radius 3 is 1.23 bits per heavy atom. The number of hydrogen-bond donors (Lipinski definition) is 1. The molecule has 0 atom stereocenters. The normalized spacial score (nSPS) is 10.3. The average Bonchev–Trinajstić information content (AvgIpc) is 2.78. The first-order valence-corrected chi connectivity index (χ1v) is 8.36. The van der Waals surface area contributed by atoms with Crippen LogP contribution in [-0.4, -0.2) is 63.4 Å². The Balaban J connectivity index is 1.94. The minimum Gasteiger partial charge on any atom is -0.467 e. The fourth-order valence-corrected chi connectivity index (χ4v) is 2.19. The van der Waals surface area contributed by atoms with Crippen LogP contribution in [0.1, 0.15) is 5.56 Å². The highest BCUT2D eigenvalue weighted by atomic mass is 16.5. The van der Waals surface area contributed by atoms with Crippen molar-refractivity contribution in [3.8, 4) is 47.6 Å². The summed E-state index contributed by atoms with van der Waals surface area (Å²) in [6, 6.07) is 4.61. The van der Waals surface area contributed by atoms with Gasteiger partial charge in [-0.1, -0.05) is 6.07 Å². The van der Waals surface area contributed by atoms with E-state index in [1.807, 2.05) is 0 Å². The van der Waals surface area contributed by atoms with Crippen molar-refractivity contribution in [2.24, 2.45) is 0 Å². The Morgan fingerprint density at radius 1 is 0.600 bits per heavy atom. The van der Waals surface area contributed by atoms with Gasteiger partial charge in [0.05, 0.1) is 40.6 Å². The van der Waals surface area contributed by atoms with Crippen LogP contribution in [0.25, 0.3) is 0 Å². The first-order valence-electron chi connectivity index (χ1n) is 8.36. The van der Waals surface area contributed by atoms with E-state index < -0.39 is 6.61 Å². The van der Waals surface area contributed by atoms with Crippen molar-refractivity contribution in [1.82, 2.24) is 29.9 Å². The van der Waals surface area contributed by atoms with Crippen molar-refractivity contribution in [3.63, 3.8) is 0 Å². The van der Waals surface area contributed by atoms with Gasteiger partial charge < -0.3 is 33.5 Å². The smallest absolute Gasteiger partial charge is 0.331 e. The van der Waals surface area contributed by atoms with E-state index in [-0.39, 0.29) is 53.1 Å². The van der Waals surface area contributed by atoms with Crippen LogP contribution in [0.4, 0.5) is 0 Å². The summed E-state index contributed by atoms with van der Waals surface area (Å²) in [4.78, 5) is 23.8. The zero-order chi connectivity index (χ0) is 21.5. The fraction of sp³-hybridized carbons (Fsp3) is 0.294. The Bertz CT molecular complexity index is 900. The molecule has 2 aromatic heterocycles. The van der Waals surface area contributed by atoms with Gasteiger partial charge in [-0.25, -0.2) is 0 Å². The summed E-state index contributed by atoms with van der Waals surface area (Å²) in [5.74, 6) is 0.441. The van der Waals surface area contributed by atoms with Gasteiger partial charge in [0.1, 0.15) is 11.5 Å². The van der Waals surface area contributed by atoms with Crippen molar-refractivity contribution in [1.29, 1.82) is 0 Å². The second kappa shape index (κ2) is 9.47. The molecule has 0 aliphatic heterocycles. The number of hydrogen-bond acceptors (Lipinski definition) is 13. The molecule has 158 valence electrons. The molecule has 0 fully saturated rings. The standard InChI is InChI=1S/C17H18N6O7/c1-25-12-18-13(26-2)21-16(20-12)29-10-6-5-7-11(9(10)8-24)30-17-22-14(27-3)19-15(23-17)28-4/h5-7,24H,8H2,1-4H3. The Hall–Kier alpha value is -4.00. The number of aliphatic hydroxyl groups excluding tert-OH is 1. The highest BCUT2D eigenvalue weighted by molar-refractivity contribution is 5.46. The van der Waals surface area contributed by atoms with E-state index >= 15 is 0 Å². The zero-order valence-corrected chi connectivity index (χ0v) is 16.5. The van der Waals surface area contributed by atoms with Gasteiger partial charge in [0.25, 0.3) is 0 Å². The minimum atomic E-state index is -0.426. The van der Waals surface area contributed by atoms with Crippen molar-refractivity contribution < 1.29 is 33.5 Å². The SMILES string of the molecule is COc1nc(OC)nc(Oc2cccc(Oc3nc(OC)nc(OC)n3)c2CO)n1. The summed E-state index contributed by atoms with van der Waals surface area (Å²) in [5.41, 5.74) is 0.286. The maximum atomic E-state index is 9.89. The quantitative estimate of drug-likeness (QED) is 0.529. The second-order valence-corrected chi connectivity index (χ2v) is 5.28. The van der Waals surface area contributed by atoms with Crippen LogP contribution in [0.3, 0.4) is 0 Å². The van der Waals surface area contributed by atoms with Crippen LogP contribution in [0.5, 0.6) is 47.6 Å². The summed E-state index contributed by atoms with van der Waals surface area (Å²) in [6.45, 7) is -0.426. The summed E-state index contributed by atoms with van der Waals surface area (Å²) in [5, 5.41) is 9.89. The number of nitrogens with zero attached hydrogens (tertiary/aromatic N) is 6. The molecule has 0 aliphatic carbocycles. The lowest BCUT2D eigenvalue weighted by molar-refractivity contribution is 0.266. The van der Waals surface area contributed by atoms with Crippen LogP contribution < -0.4 is 28.4 Å². The molecule has 3 aromatic rings. The van der Waals surface area contributed by atoms with Crippen LogP contribution >= 0.6 is 0 Å². The molecule has 1 N–H and O–H groups in total. The van der Waals surface area contributed by atoms with Crippen LogP contribution in [0, 0.1) is 0 Å². The van der Waals surface area contributed by atoms with Crippen molar-refractivity contribution in [2.45, 2.75) is 6.61 Å². The molecule has 1 aromatic carbocycles. The maximum Gasteiger partial charge on any atom is 0.331 e. The number of rotatable bonds is 9. The van der Waals surface area contributed by atoms with Crippen molar-refractivity contribution in [2.75, 3.05) is 28.4 Å². The number of methoxy groups -OCH3 is 4. The maximum absolute atomic E-state index is 9.89. The van der Waals surface area contributed by atoms with E-state index in [9.17, 15) is 5.11 Å². The molecule has 0 radical (unpaired) electrons. The van der Waals surface area contributed by atoms with E-state index in [0.717, 1.165) is 0 Å². The molecule has 0 spiro atoms. The molecule has 13 nitrogen and oxygen atoms in total. The van der Waals surface area contributed by atoms with Crippen molar-refractivity contribution in [3.05, 3.63) is 23.8 Å². The molecule has 0 amide bonds. The number of aromatic nitrogens is 6. The molecule has 0 saturated carbocycles. The highest BCUT2D eigenvalue weighted by Crippen LogP contribution is 2.34. The molecule has 30 heavy (non-hydrogen) atoms. The summed E-state index contributed by atoms with van der Waals surface area (Å²) in [6.07, 6.45) is 0. The lowest BCUT2D eigenvalue weighted by Crippen LogP contribution is -2.04. The van der Waals surface area contributed by atoms with E-state index in [1.54, 1.807) is 18.2 Å². The molecule has 3 rings (SSSR count). The van der Waals surface area contributed by atoms with E-state index in [4.69, 9.17) is 28.4 Å². The minimum absolute atomic E-state index is 0.000760. The molecule has 0 saturated heterocycles. The van der Waals surface area contributed by atoms with Crippen molar-refractivity contribution >= 4 is 0 Å². The third-order valence-corrected chi connectivity index (χ3v) is 3.53. The molecule has 0 aliphatic rings. The lowest BCUT2D eigenvalue weighted by atomic mass is 10.2. The fourth-order valence-electron chi connectivity index (χ4n) is 2.19. The van der Waals surface area contributed by atoms with Gasteiger partial charge in [0.2, 0.25) is 0 Å². The Labute approximate surface area is 170 Å². The lowest BCUT2D eigenvalue weighted by Gasteiger charge is -2.13. The van der Waals surface area contributed by atoms with Gasteiger partial charge in [0.15, 0.2) is 0 Å². The molecule has 2 heterocycles. The highest BCUT2D eigenvalue weighted by Gasteiger charge is 2.17. The number of ether oxygens (including phenoxy) is 6. The summed E-state index contributed by atoms with van der Waals surface area (Å²) in [7, 11) is 5.57. The number of aliphatic hydroxyl groups is 1. The first-order chi connectivity index (χ1) is 14.6. The predicted octanol–water partition coefficient (Wildman–Crippen LogP) is 1.17. The van der Waals surface area contributed by atoms with Gasteiger partial charge in [-0.3, -0.25) is 0 Å². The van der Waals surface area contributed by atoms with Crippen LogP contribution in [0.2, 0.25) is 0 Å². The molecule has 0 bridgehead atoms. The van der Waals surface area contributed by atoms with Gasteiger partial charge >= 0.3 is 36.1 Å². The third kappa shape index (κ3) is 4.70. The predicted molar refractivity (Wildman–Crippen MR) is 98.4 cm³/mol. The topological polar surface area (TPSA) is 153 Å². The molecule has 13 heteroatoms. The Morgan fingerprint density at radius 2 is 0.933 bits per heavy atom. The Kier molecular flexibility index (Phi) is 6.54. The van der Waals surface area contributed by atoms with E-state index in [2.05, 4.69) is 29.9 Å². The van der Waals surface area contributed by atoms with E-state index in [1.165, 1.54) is 28.4 Å². The molecular weight excluding hydrogens is 400 g/mol. The monoisotopic (exact) mass is 418 g/mol. The van der Waals surface area contributed by atoms with Crippen LogP contribution in [0.15, 0.2) is 18.2 Å². The van der Waals surface area contributed by atoms with Gasteiger partial charge in [0, 0.05) is 0 Å². The summed E-state index contributed by atoms with van der Waals surface area (Å²) < 4.78 is 31.4. The van der Waals surface area contributed by atoms with Gasteiger partial charge in [-0.15, -0.1) is 29.9 Å². The van der Waals surface area contributed by atoms with Gasteiger partial charge in [-0.05, 0) is 12.1 Å². The molecule has 0 unspecified atom stereocenters. The zero-order valence-electron chi connectivity index (χ0n) is 16.5. The van der Waals surface area contributed by atoms with E-state index in [0.29, 0.717) is 0 Å². The average molecular weight is 418 g/mol.